The second kappa shape index (κ2) is 7.97. The molecule has 0 saturated heterocycles. The van der Waals surface area contributed by atoms with Crippen molar-refractivity contribution in [2.75, 3.05) is 5.32 Å². The van der Waals surface area contributed by atoms with E-state index >= 15 is 0 Å². The quantitative estimate of drug-likeness (QED) is 0.519. The highest BCUT2D eigenvalue weighted by atomic mass is 35.5. The van der Waals surface area contributed by atoms with Gasteiger partial charge in [0.15, 0.2) is 0 Å². The van der Waals surface area contributed by atoms with Gasteiger partial charge in [0.1, 0.15) is 17.7 Å². The average molecular weight is 421 g/mol. The van der Waals surface area contributed by atoms with E-state index in [2.05, 4.69) is 25.3 Å². The zero-order chi connectivity index (χ0) is 20.5. The minimum Gasteiger partial charge on any atom is -0.351 e. The number of rotatable bonds is 4. The van der Waals surface area contributed by atoms with Crippen LogP contribution in [0, 0.1) is 0 Å². The molecule has 5 rings (SSSR count). The molecule has 4 aromatic heterocycles. The van der Waals surface area contributed by atoms with Gasteiger partial charge in [0.2, 0.25) is 5.95 Å². The number of aromatic nitrogens is 6. The predicted molar refractivity (Wildman–Crippen MR) is 116 cm³/mol. The Morgan fingerprint density at radius 2 is 1.77 bits per heavy atom. The SMILES string of the molecule is NC1CCC(Nc2ncc(Cl)c(-c3cnc4ccc(-c5cncnc5)cn34)n2)CC1. The molecule has 1 aliphatic rings. The van der Waals surface area contributed by atoms with Crippen molar-refractivity contribution in [2.45, 2.75) is 37.8 Å². The molecule has 0 spiro atoms. The summed E-state index contributed by atoms with van der Waals surface area (Å²) in [6.07, 6.45) is 14.5. The van der Waals surface area contributed by atoms with Gasteiger partial charge in [-0.05, 0) is 37.8 Å². The smallest absolute Gasteiger partial charge is 0.223 e. The first-order chi connectivity index (χ1) is 14.7. The molecule has 0 amide bonds. The van der Waals surface area contributed by atoms with E-state index in [4.69, 9.17) is 22.3 Å². The maximum Gasteiger partial charge on any atom is 0.223 e. The van der Waals surface area contributed by atoms with Crippen molar-refractivity contribution in [3.8, 4) is 22.5 Å². The summed E-state index contributed by atoms with van der Waals surface area (Å²) in [5, 5.41) is 3.91. The molecule has 0 atom stereocenters. The standard InChI is InChI=1S/C21H21ClN8/c22-17-9-27-21(28-16-4-2-15(23)3-5-16)29-20(17)18-10-26-19-6-1-13(11-30(18)19)14-7-24-12-25-8-14/h1,6-12,15-16H,2-5,23H2,(H,27,28,29). The number of nitrogens with zero attached hydrogens (tertiary/aromatic N) is 6. The van der Waals surface area contributed by atoms with Gasteiger partial charge in [-0.15, -0.1) is 0 Å². The topological polar surface area (TPSA) is 107 Å². The lowest BCUT2D eigenvalue weighted by atomic mass is 9.92. The summed E-state index contributed by atoms with van der Waals surface area (Å²) < 4.78 is 1.97. The fraction of sp³-hybridized carbons (Fsp3) is 0.286. The van der Waals surface area contributed by atoms with Crippen LogP contribution in [0.4, 0.5) is 5.95 Å². The Kier molecular flexibility index (Phi) is 5.02. The minimum absolute atomic E-state index is 0.298. The molecule has 0 aliphatic heterocycles. The molecule has 4 heterocycles. The van der Waals surface area contributed by atoms with Crippen molar-refractivity contribution >= 4 is 23.2 Å². The Bertz CT molecular complexity index is 1170. The number of nitrogens with two attached hydrogens (primary N) is 1. The Labute approximate surface area is 178 Å². The third-order valence-corrected chi connectivity index (χ3v) is 5.77. The number of anilines is 1. The number of nitrogens with one attached hydrogen (secondary N) is 1. The zero-order valence-corrected chi connectivity index (χ0v) is 17.0. The van der Waals surface area contributed by atoms with Crippen LogP contribution in [0.3, 0.4) is 0 Å². The molecule has 4 aromatic rings. The Morgan fingerprint density at radius 1 is 0.967 bits per heavy atom. The van der Waals surface area contributed by atoms with E-state index in [1.807, 2.05) is 22.7 Å². The zero-order valence-electron chi connectivity index (χ0n) is 16.2. The van der Waals surface area contributed by atoms with Crippen LogP contribution in [0.25, 0.3) is 28.2 Å². The maximum absolute atomic E-state index is 6.48. The van der Waals surface area contributed by atoms with Gasteiger partial charge in [0.25, 0.3) is 0 Å². The maximum atomic E-state index is 6.48. The van der Waals surface area contributed by atoms with Crippen LogP contribution in [0.1, 0.15) is 25.7 Å². The molecule has 152 valence electrons. The summed E-state index contributed by atoms with van der Waals surface area (Å²) in [7, 11) is 0. The number of hydrogen-bond acceptors (Lipinski definition) is 7. The van der Waals surface area contributed by atoms with Crippen molar-refractivity contribution in [1.29, 1.82) is 0 Å². The van der Waals surface area contributed by atoms with Crippen molar-refractivity contribution < 1.29 is 0 Å². The molecule has 0 unspecified atom stereocenters. The molecular weight excluding hydrogens is 400 g/mol. The highest BCUT2D eigenvalue weighted by molar-refractivity contribution is 6.32. The summed E-state index contributed by atoms with van der Waals surface area (Å²) in [5.41, 5.74) is 10.1. The van der Waals surface area contributed by atoms with Crippen molar-refractivity contribution in [3.63, 3.8) is 0 Å². The summed E-state index contributed by atoms with van der Waals surface area (Å²) in [4.78, 5) is 21.8. The molecule has 1 fully saturated rings. The molecule has 9 heteroatoms. The van der Waals surface area contributed by atoms with Crippen LogP contribution < -0.4 is 11.1 Å². The van der Waals surface area contributed by atoms with Gasteiger partial charge < -0.3 is 11.1 Å². The van der Waals surface area contributed by atoms with Crippen LogP contribution in [0.2, 0.25) is 5.02 Å². The van der Waals surface area contributed by atoms with Gasteiger partial charge in [0, 0.05) is 41.8 Å². The monoisotopic (exact) mass is 420 g/mol. The molecule has 0 radical (unpaired) electrons. The molecule has 0 bridgehead atoms. The third-order valence-electron chi connectivity index (χ3n) is 5.49. The first-order valence-corrected chi connectivity index (χ1v) is 10.3. The minimum atomic E-state index is 0.298. The van der Waals surface area contributed by atoms with Crippen LogP contribution in [0.5, 0.6) is 0 Å². The van der Waals surface area contributed by atoms with Crippen LogP contribution in [-0.2, 0) is 0 Å². The fourth-order valence-corrected chi connectivity index (χ4v) is 4.02. The Balaban J connectivity index is 1.50. The molecule has 1 aliphatic carbocycles. The summed E-state index contributed by atoms with van der Waals surface area (Å²) in [5.74, 6) is 0.567. The van der Waals surface area contributed by atoms with Gasteiger partial charge in [-0.3, -0.25) is 4.40 Å². The van der Waals surface area contributed by atoms with E-state index in [0.717, 1.165) is 48.2 Å². The molecule has 0 aromatic carbocycles. The number of imidazole rings is 1. The highest BCUT2D eigenvalue weighted by Crippen LogP contribution is 2.29. The molecule has 1 saturated carbocycles. The predicted octanol–water partition coefficient (Wildman–Crippen LogP) is 3.58. The Hall–Kier alpha value is -3.10. The lowest BCUT2D eigenvalue weighted by molar-refractivity contribution is 0.410. The Morgan fingerprint density at radius 3 is 2.57 bits per heavy atom. The number of halogens is 1. The van der Waals surface area contributed by atoms with E-state index in [0.29, 0.717) is 28.7 Å². The molecular formula is C21H21ClN8. The van der Waals surface area contributed by atoms with Crippen molar-refractivity contribution in [1.82, 2.24) is 29.3 Å². The molecule has 3 N–H and O–H groups in total. The van der Waals surface area contributed by atoms with Gasteiger partial charge in [-0.1, -0.05) is 11.6 Å². The number of hydrogen-bond donors (Lipinski definition) is 2. The highest BCUT2D eigenvalue weighted by Gasteiger charge is 2.20. The third kappa shape index (κ3) is 3.71. The second-order valence-corrected chi connectivity index (χ2v) is 7.97. The number of pyridine rings is 1. The van der Waals surface area contributed by atoms with Crippen LogP contribution >= 0.6 is 11.6 Å². The lowest BCUT2D eigenvalue weighted by Crippen LogP contribution is -2.33. The summed E-state index contributed by atoms with van der Waals surface area (Å²) >= 11 is 6.48. The van der Waals surface area contributed by atoms with E-state index in [1.165, 1.54) is 6.33 Å². The van der Waals surface area contributed by atoms with E-state index < -0.39 is 0 Å². The van der Waals surface area contributed by atoms with Gasteiger partial charge in [-0.25, -0.2) is 24.9 Å². The van der Waals surface area contributed by atoms with Gasteiger partial charge >= 0.3 is 0 Å². The summed E-state index contributed by atoms with van der Waals surface area (Å²) in [6.45, 7) is 0. The number of fused-ring (bicyclic) bond motifs is 1. The van der Waals surface area contributed by atoms with Crippen LogP contribution in [-0.4, -0.2) is 41.4 Å². The van der Waals surface area contributed by atoms with Crippen molar-refractivity contribution in [3.05, 3.63) is 54.5 Å². The first kappa shape index (κ1) is 18.9. The van der Waals surface area contributed by atoms with E-state index in [-0.39, 0.29) is 0 Å². The second-order valence-electron chi connectivity index (χ2n) is 7.56. The molecule has 30 heavy (non-hydrogen) atoms. The van der Waals surface area contributed by atoms with Crippen molar-refractivity contribution in [2.24, 2.45) is 5.73 Å². The first-order valence-electron chi connectivity index (χ1n) is 9.95. The average Bonchev–Trinajstić information content (AvgIpc) is 3.20. The van der Waals surface area contributed by atoms with Gasteiger partial charge in [0.05, 0.1) is 23.1 Å². The van der Waals surface area contributed by atoms with E-state index in [9.17, 15) is 0 Å². The summed E-state index contributed by atoms with van der Waals surface area (Å²) in [6, 6.07) is 4.57. The van der Waals surface area contributed by atoms with Gasteiger partial charge in [-0.2, -0.15) is 0 Å². The normalized spacial score (nSPS) is 19.1. The lowest BCUT2D eigenvalue weighted by Gasteiger charge is -2.26. The molecule has 8 nitrogen and oxygen atoms in total. The fourth-order valence-electron chi connectivity index (χ4n) is 3.84. The van der Waals surface area contributed by atoms with E-state index in [1.54, 1.807) is 24.8 Å². The van der Waals surface area contributed by atoms with Crippen LogP contribution in [0.15, 0.2) is 49.4 Å². The largest absolute Gasteiger partial charge is 0.351 e.